The first-order valence-electron chi connectivity index (χ1n) is 5.79. The van der Waals surface area contributed by atoms with E-state index in [0.717, 1.165) is 19.6 Å². The van der Waals surface area contributed by atoms with Crippen molar-refractivity contribution in [3.8, 4) is 0 Å². The maximum Gasteiger partial charge on any atom is 0.237 e. The Hall–Kier alpha value is -0.610. The average molecular weight is 213 g/mol. The summed E-state index contributed by atoms with van der Waals surface area (Å²) < 4.78 is 0. The number of hydrogen-bond acceptors (Lipinski definition) is 3. The van der Waals surface area contributed by atoms with Crippen LogP contribution < -0.4 is 10.6 Å². The Labute approximate surface area is 92.4 Å². The molecule has 88 valence electrons. The molecule has 0 radical (unpaired) electrons. The lowest BCUT2D eigenvalue weighted by molar-refractivity contribution is -0.127. The van der Waals surface area contributed by atoms with E-state index in [1.807, 2.05) is 20.8 Å². The zero-order valence-corrected chi connectivity index (χ0v) is 10.2. The summed E-state index contributed by atoms with van der Waals surface area (Å²) in [4.78, 5) is 14.1. The first-order chi connectivity index (χ1) is 7.02. The average Bonchev–Trinajstić information content (AvgIpc) is 2.16. The minimum Gasteiger partial charge on any atom is -0.353 e. The minimum absolute atomic E-state index is 0.0236. The Morgan fingerprint density at radius 2 is 2.13 bits per heavy atom. The van der Waals surface area contributed by atoms with Crippen LogP contribution in [0.15, 0.2) is 0 Å². The van der Waals surface area contributed by atoms with Crippen molar-refractivity contribution < 1.29 is 4.79 Å². The molecule has 4 nitrogen and oxygen atoms in total. The molecule has 1 saturated heterocycles. The Bertz CT molecular complexity index is 218. The molecule has 1 rings (SSSR count). The molecule has 2 unspecified atom stereocenters. The molecule has 15 heavy (non-hydrogen) atoms. The molecule has 0 aromatic heterocycles. The summed E-state index contributed by atoms with van der Waals surface area (Å²) in [6.07, 6.45) is 0. The van der Waals surface area contributed by atoms with E-state index >= 15 is 0 Å². The van der Waals surface area contributed by atoms with Gasteiger partial charge in [-0.15, -0.1) is 0 Å². The maximum absolute atomic E-state index is 11.8. The molecule has 0 aromatic rings. The number of nitrogens with zero attached hydrogens (tertiary/aromatic N) is 1. The fourth-order valence-corrected chi connectivity index (χ4v) is 1.99. The Morgan fingerprint density at radius 1 is 1.47 bits per heavy atom. The van der Waals surface area contributed by atoms with Crippen molar-refractivity contribution in [2.75, 3.05) is 19.6 Å². The minimum atomic E-state index is -0.0236. The molecule has 1 amide bonds. The van der Waals surface area contributed by atoms with Gasteiger partial charge in [0.1, 0.15) is 0 Å². The zero-order valence-electron chi connectivity index (χ0n) is 10.2. The molecular weight excluding hydrogens is 190 g/mol. The molecule has 4 heteroatoms. The van der Waals surface area contributed by atoms with E-state index in [1.54, 1.807) is 0 Å². The standard InChI is InChI=1S/C11H23N3O/c1-8(2)13-11(15)10(4)14-6-5-12-7-9(14)3/h8-10,12H,5-7H2,1-4H3,(H,13,15). The summed E-state index contributed by atoms with van der Waals surface area (Å²) in [5.41, 5.74) is 0. The lowest BCUT2D eigenvalue weighted by atomic mass is 10.1. The summed E-state index contributed by atoms with van der Waals surface area (Å²) in [5.74, 6) is 0.138. The molecule has 1 fully saturated rings. The molecule has 0 aromatic carbocycles. The quantitative estimate of drug-likeness (QED) is 0.703. The van der Waals surface area contributed by atoms with Crippen molar-refractivity contribution in [1.29, 1.82) is 0 Å². The highest BCUT2D eigenvalue weighted by atomic mass is 16.2. The van der Waals surface area contributed by atoms with Gasteiger partial charge in [0.15, 0.2) is 0 Å². The zero-order chi connectivity index (χ0) is 11.4. The number of amides is 1. The van der Waals surface area contributed by atoms with Gasteiger partial charge in [0.25, 0.3) is 0 Å². The van der Waals surface area contributed by atoms with Crippen molar-refractivity contribution in [2.24, 2.45) is 0 Å². The van der Waals surface area contributed by atoms with Gasteiger partial charge in [-0.05, 0) is 27.7 Å². The van der Waals surface area contributed by atoms with Gasteiger partial charge in [0.05, 0.1) is 6.04 Å². The SMILES string of the molecule is CC(C)NC(=O)C(C)N1CCNCC1C. The third-order valence-corrected chi connectivity index (χ3v) is 2.86. The van der Waals surface area contributed by atoms with Crippen LogP contribution in [-0.2, 0) is 4.79 Å². The van der Waals surface area contributed by atoms with Crippen LogP contribution in [0, 0.1) is 0 Å². The molecular formula is C11H23N3O. The van der Waals surface area contributed by atoms with Crippen LogP contribution >= 0.6 is 0 Å². The fraction of sp³-hybridized carbons (Fsp3) is 0.909. The summed E-state index contributed by atoms with van der Waals surface area (Å²) >= 11 is 0. The van der Waals surface area contributed by atoms with E-state index in [9.17, 15) is 4.79 Å². The Balaban J connectivity index is 2.50. The predicted octanol–water partition coefficient (Wildman–Crippen LogP) is 0.193. The molecule has 0 aliphatic carbocycles. The smallest absolute Gasteiger partial charge is 0.237 e. The Morgan fingerprint density at radius 3 is 2.67 bits per heavy atom. The number of piperazine rings is 1. The Kier molecular flexibility index (Phi) is 4.54. The van der Waals surface area contributed by atoms with Crippen molar-refractivity contribution in [1.82, 2.24) is 15.5 Å². The molecule has 1 aliphatic heterocycles. The maximum atomic E-state index is 11.8. The van der Waals surface area contributed by atoms with E-state index in [4.69, 9.17) is 0 Å². The molecule has 0 bridgehead atoms. The van der Waals surface area contributed by atoms with Crippen molar-refractivity contribution in [2.45, 2.75) is 45.8 Å². The van der Waals surface area contributed by atoms with Crippen molar-refractivity contribution >= 4 is 5.91 Å². The van der Waals surface area contributed by atoms with E-state index in [2.05, 4.69) is 22.5 Å². The van der Waals surface area contributed by atoms with Crippen LogP contribution in [0.2, 0.25) is 0 Å². The second-order valence-electron chi connectivity index (χ2n) is 4.63. The molecule has 1 aliphatic rings. The van der Waals surface area contributed by atoms with Gasteiger partial charge in [-0.1, -0.05) is 0 Å². The highest BCUT2D eigenvalue weighted by Crippen LogP contribution is 2.08. The van der Waals surface area contributed by atoms with Crippen LogP contribution in [-0.4, -0.2) is 48.6 Å². The van der Waals surface area contributed by atoms with E-state index < -0.39 is 0 Å². The second kappa shape index (κ2) is 5.47. The van der Waals surface area contributed by atoms with Crippen molar-refractivity contribution in [3.63, 3.8) is 0 Å². The normalized spacial score (nSPS) is 25.3. The number of nitrogens with one attached hydrogen (secondary N) is 2. The fourth-order valence-electron chi connectivity index (χ4n) is 1.99. The van der Waals surface area contributed by atoms with Crippen LogP contribution in [0.5, 0.6) is 0 Å². The van der Waals surface area contributed by atoms with Crippen molar-refractivity contribution in [3.05, 3.63) is 0 Å². The molecule has 1 heterocycles. The van der Waals surface area contributed by atoms with Gasteiger partial charge in [-0.25, -0.2) is 0 Å². The molecule has 0 saturated carbocycles. The summed E-state index contributed by atoms with van der Waals surface area (Å²) in [6, 6.07) is 0.634. The summed E-state index contributed by atoms with van der Waals surface area (Å²) in [7, 11) is 0. The number of carbonyl (C=O) groups excluding carboxylic acids is 1. The topological polar surface area (TPSA) is 44.4 Å². The van der Waals surface area contributed by atoms with E-state index in [-0.39, 0.29) is 18.0 Å². The van der Waals surface area contributed by atoms with Gasteiger partial charge < -0.3 is 10.6 Å². The van der Waals surface area contributed by atoms with Crippen LogP contribution in [0.1, 0.15) is 27.7 Å². The van der Waals surface area contributed by atoms with E-state index in [0.29, 0.717) is 6.04 Å². The molecule has 2 atom stereocenters. The lowest BCUT2D eigenvalue weighted by Gasteiger charge is -2.37. The second-order valence-corrected chi connectivity index (χ2v) is 4.63. The summed E-state index contributed by atoms with van der Waals surface area (Å²) in [5, 5.41) is 6.29. The first-order valence-corrected chi connectivity index (χ1v) is 5.79. The molecule has 0 spiro atoms. The highest BCUT2D eigenvalue weighted by molar-refractivity contribution is 5.81. The lowest BCUT2D eigenvalue weighted by Crippen LogP contribution is -2.57. The highest BCUT2D eigenvalue weighted by Gasteiger charge is 2.27. The molecule has 2 N–H and O–H groups in total. The van der Waals surface area contributed by atoms with Gasteiger partial charge in [0.2, 0.25) is 5.91 Å². The van der Waals surface area contributed by atoms with Gasteiger partial charge in [-0.2, -0.15) is 0 Å². The van der Waals surface area contributed by atoms with Crippen LogP contribution in [0.3, 0.4) is 0 Å². The number of rotatable bonds is 3. The third-order valence-electron chi connectivity index (χ3n) is 2.86. The van der Waals surface area contributed by atoms with Gasteiger partial charge in [0, 0.05) is 31.7 Å². The number of carbonyl (C=O) groups is 1. The van der Waals surface area contributed by atoms with Gasteiger partial charge in [-0.3, -0.25) is 9.69 Å². The third kappa shape index (κ3) is 3.47. The monoisotopic (exact) mass is 213 g/mol. The van der Waals surface area contributed by atoms with Gasteiger partial charge >= 0.3 is 0 Å². The van der Waals surface area contributed by atoms with Crippen LogP contribution in [0.4, 0.5) is 0 Å². The summed E-state index contributed by atoms with van der Waals surface area (Å²) in [6.45, 7) is 11.0. The van der Waals surface area contributed by atoms with E-state index in [1.165, 1.54) is 0 Å². The first kappa shape index (κ1) is 12.5. The largest absolute Gasteiger partial charge is 0.353 e. The predicted molar refractivity (Wildman–Crippen MR) is 61.8 cm³/mol. The van der Waals surface area contributed by atoms with Crippen LogP contribution in [0.25, 0.3) is 0 Å². The number of hydrogen-bond donors (Lipinski definition) is 2.